The quantitative estimate of drug-likeness (QED) is 0.556. The molecule has 0 aromatic heterocycles. The highest BCUT2D eigenvalue weighted by Gasteiger charge is 2.32. The topological polar surface area (TPSA) is 96.0 Å². The van der Waals surface area contributed by atoms with Gasteiger partial charge in [-0.2, -0.15) is 4.31 Å². The van der Waals surface area contributed by atoms with Gasteiger partial charge in [0.2, 0.25) is 21.8 Å². The third kappa shape index (κ3) is 6.57. The van der Waals surface area contributed by atoms with Gasteiger partial charge in [-0.25, -0.2) is 8.42 Å². The summed E-state index contributed by atoms with van der Waals surface area (Å²) in [5.41, 5.74) is 1.03. The van der Waals surface area contributed by atoms with Gasteiger partial charge in [0.1, 0.15) is 5.75 Å². The van der Waals surface area contributed by atoms with Gasteiger partial charge in [-0.3, -0.25) is 9.59 Å². The van der Waals surface area contributed by atoms with Crippen molar-refractivity contribution in [2.24, 2.45) is 5.92 Å². The Labute approximate surface area is 201 Å². The fraction of sp³-hybridized carbons (Fsp3) is 0.440. The molecule has 0 unspecified atom stereocenters. The van der Waals surface area contributed by atoms with Crippen LogP contribution in [0.15, 0.2) is 59.5 Å². The molecule has 34 heavy (non-hydrogen) atoms. The van der Waals surface area contributed by atoms with E-state index in [0.717, 1.165) is 5.56 Å². The molecule has 0 saturated carbocycles. The van der Waals surface area contributed by atoms with Crippen LogP contribution in [0, 0.1) is 5.92 Å². The molecular weight excluding hydrogens is 454 g/mol. The van der Waals surface area contributed by atoms with Gasteiger partial charge in [0.05, 0.1) is 18.0 Å². The summed E-state index contributed by atoms with van der Waals surface area (Å²) in [6.07, 6.45) is 0.829. The van der Waals surface area contributed by atoms with E-state index < -0.39 is 10.0 Å². The van der Waals surface area contributed by atoms with Gasteiger partial charge in [-0.15, -0.1) is 0 Å². The molecule has 2 aromatic rings. The summed E-state index contributed by atoms with van der Waals surface area (Å²) in [5, 5.41) is 2.74. The molecule has 1 N–H and O–H groups in total. The van der Waals surface area contributed by atoms with E-state index in [0.29, 0.717) is 38.3 Å². The van der Waals surface area contributed by atoms with Crippen molar-refractivity contribution in [1.29, 1.82) is 0 Å². The van der Waals surface area contributed by atoms with Crippen molar-refractivity contribution in [1.82, 2.24) is 14.5 Å². The molecule has 0 bridgehead atoms. The predicted molar refractivity (Wildman–Crippen MR) is 130 cm³/mol. The van der Waals surface area contributed by atoms with E-state index in [1.807, 2.05) is 44.2 Å². The van der Waals surface area contributed by atoms with Crippen LogP contribution in [0.1, 0.15) is 32.3 Å². The molecule has 2 amide bonds. The van der Waals surface area contributed by atoms with E-state index in [9.17, 15) is 18.0 Å². The Morgan fingerprint density at radius 2 is 1.68 bits per heavy atom. The molecule has 1 saturated heterocycles. The third-order valence-electron chi connectivity index (χ3n) is 5.96. The number of rotatable bonds is 10. The van der Waals surface area contributed by atoms with E-state index in [-0.39, 0.29) is 42.3 Å². The lowest BCUT2D eigenvalue weighted by Gasteiger charge is -2.30. The average molecular weight is 488 g/mol. The van der Waals surface area contributed by atoms with Crippen LogP contribution in [-0.2, 0) is 26.2 Å². The van der Waals surface area contributed by atoms with Crippen molar-refractivity contribution in [3.05, 3.63) is 60.2 Å². The summed E-state index contributed by atoms with van der Waals surface area (Å²) in [6, 6.07) is 16.1. The van der Waals surface area contributed by atoms with E-state index in [1.165, 1.54) is 4.31 Å². The number of nitrogens with zero attached hydrogens (tertiary/aromatic N) is 2. The normalized spacial score (nSPS) is 15.0. The maximum Gasteiger partial charge on any atom is 0.243 e. The monoisotopic (exact) mass is 487 g/mol. The number of benzene rings is 2. The minimum absolute atomic E-state index is 0.0653. The second-order valence-electron chi connectivity index (χ2n) is 8.19. The number of sulfonamides is 1. The second kappa shape index (κ2) is 12.0. The summed E-state index contributed by atoms with van der Waals surface area (Å²) < 4.78 is 32.7. The summed E-state index contributed by atoms with van der Waals surface area (Å²) in [5.74, 6) is -0.0435. The third-order valence-corrected chi connectivity index (χ3v) is 7.87. The van der Waals surface area contributed by atoms with E-state index in [4.69, 9.17) is 4.74 Å². The maximum absolute atomic E-state index is 12.9. The highest BCUT2D eigenvalue weighted by molar-refractivity contribution is 7.89. The molecule has 3 rings (SSSR count). The first-order valence-corrected chi connectivity index (χ1v) is 13.1. The molecule has 0 aliphatic carbocycles. The molecule has 2 aromatic carbocycles. The Morgan fingerprint density at radius 1 is 1.03 bits per heavy atom. The van der Waals surface area contributed by atoms with Crippen LogP contribution < -0.4 is 10.1 Å². The average Bonchev–Trinajstić information content (AvgIpc) is 2.87. The lowest BCUT2D eigenvalue weighted by molar-refractivity contribution is -0.134. The van der Waals surface area contributed by atoms with Crippen molar-refractivity contribution in [2.75, 3.05) is 32.8 Å². The van der Waals surface area contributed by atoms with Gasteiger partial charge in [0.15, 0.2) is 0 Å². The molecule has 0 spiro atoms. The summed E-state index contributed by atoms with van der Waals surface area (Å²) in [6.45, 7) is 5.78. The number of likely N-dealkylation sites (N-methyl/N-ethyl adjacent to an activating group) is 1. The van der Waals surface area contributed by atoms with Crippen LogP contribution in [0.4, 0.5) is 0 Å². The van der Waals surface area contributed by atoms with Gasteiger partial charge in [0.25, 0.3) is 0 Å². The van der Waals surface area contributed by atoms with Crippen molar-refractivity contribution in [3.63, 3.8) is 0 Å². The SMILES string of the molecule is CCOc1ccc(S(=O)(=O)N2CCC(C(=O)NCC(=O)N(CC)Cc3ccccc3)CC2)cc1. The minimum Gasteiger partial charge on any atom is -0.494 e. The minimum atomic E-state index is -3.63. The maximum atomic E-state index is 12.9. The molecule has 1 heterocycles. The second-order valence-corrected chi connectivity index (χ2v) is 10.1. The summed E-state index contributed by atoms with van der Waals surface area (Å²) in [7, 11) is -3.63. The molecule has 8 nitrogen and oxygen atoms in total. The Kier molecular flexibility index (Phi) is 9.06. The number of nitrogens with one attached hydrogen (secondary N) is 1. The Balaban J connectivity index is 1.48. The van der Waals surface area contributed by atoms with Gasteiger partial charge in [0, 0.05) is 32.1 Å². The lowest BCUT2D eigenvalue weighted by atomic mass is 9.97. The molecule has 1 aliphatic heterocycles. The smallest absolute Gasteiger partial charge is 0.243 e. The van der Waals surface area contributed by atoms with E-state index >= 15 is 0 Å². The Morgan fingerprint density at radius 3 is 2.26 bits per heavy atom. The zero-order chi connectivity index (χ0) is 24.6. The van der Waals surface area contributed by atoms with E-state index in [1.54, 1.807) is 29.2 Å². The summed E-state index contributed by atoms with van der Waals surface area (Å²) >= 11 is 0. The first-order chi connectivity index (χ1) is 16.3. The molecular formula is C25H33N3O5S. The first kappa shape index (κ1) is 25.7. The standard InChI is InChI=1S/C25H33N3O5S/c1-3-27(19-20-8-6-5-7-9-20)24(29)18-26-25(30)21-14-16-28(17-15-21)34(31,32)23-12-10-22(11-13-23)33-4-2/h5-13,21H,3-4,14-19H2,1-2H3,(H,26,30). The van der Waals surface area contributed by atoms with Crippen LogP contribution in [0.5, 0.6) is 5.75 Å². The van der Waals surface area contributed by atoms with Crippen molar-refractivity contribution in [2.45, 2.75) is 38.1 Å². The zero-order valence-corrected chi connectivity index (χ0v) is 20.6. The summed E-state index contributed by atoms with van der Waals surface area (Å²) in [4.78, 5) is 27.1. The largest absolute Gasteiger partial charge is 0.494 e. The number of piperidine rings is 1. The van der Waals surface area contributed by atoms with Gasteiger partial charge in [-0.05, 0) is 56.5 Å². The van der Waals surface area contributed by atoms with Gasteiger partial charge >= 0.3 is 0 Å². The van der Waals surface area contributed by atoms with Gasteiger partial charge in [-0.1, -0.05) is 30.3 Å². The van der Waals surface area contributed by atoms with Crippen molar-refractivity contribution in [3.8, 4) is 5.75 Å². The molecule has 9 heteroatoms. The molecule has 0 atom stereocenters. The number of amides is 2. The number of ether oxygens (including phenoxy) is 1. The van der Waals surface area contributed by atoms with Crippen LogP contribution >= 0.6 is 0 Å². The zero-order valence-electron chi connectivity index (χ0n) is 19.8. The number of hydrogen-bond donors (Lipinski definition) is 1. The molecule has 0 radical (unpaired) electrons. The number of carbonyl (C=O) groups is 2. The first-order valence-electron chi connectivity index (χ1n) is 11.7. The van der Waals surface area contributed by atoms with Crippen LogP contribution in [-0.4, -0.2) is 62.2 Å². The van der Waals surface area contributed by atoms with Crippen LogP contribution in [0.25, 0.3) is 0 Å². The highest BCUT2D eigenvalue weighted by atomic mass is 32.2. The molecule has 1 fully saturated rings. The fourth-order valence-electron chi connectivity index (χ4n) is 3.98. The van der Waals surface area contributed by atoms with Crippen LogP contribution in [0.2, 0.25) is 0 Å². The number of carbonyl (C=O) groups excluding carboxylic acids is 2. The van der Waals surface area contributed by atoms with Gasteiger partial charge < -0.3 is 15.0 Å². The fourth-order valence-corrected chi connectivity index (χ4v) is 5.45. The number of hydrogen-bond acceptors (Lipinski definition) is 5. The van der Waals surface area contributed by atoms with E-state index in [2.05, 4.69) is 5.32 Å². The molecule has 184 valence electrons. The van der Waals surface area contributed by atoms with Crippen LogP contribution in [0.3, 0.4) is 0 Å². The molecule has 1 aliphatic rings. The Hall–Kier alpha value is -2.91. The highest BCUT2D eigenvalue weighted by Crippen LogP contribution is 2.25. The lowest BCUT2D eigenvalue weighted by Crippen LogP contribution is -2.45. The van der Waals surface area contributed by atoms with Crippen molar-refractivity contribution >= 4 is 21.8 Å². The predicted octanol–water partition coefficient (Wildman–Crippen LogP) is 2.65. The van der Waals surface area contributed by atoms with Crippen molar-refractivity contribution < 1.29 is 22.7 Å². The Bertz CT molecular complexity index is 1050.